The van der Waals surface area contributed by atoms with E-state index >= 15 is 0 Å². The Morgan fingerprint density at radius 2 is 1.20 bits per heavy atom. The smallest absolute Gasteiger partial charge is 0.306 e. The molecule has 0 aliphatic heterocycles. The first kappa shape index (κ1) is 24.5. The van der Waals surface area contributed by atoms with Gasteiger partial charge < -0.3 is 4.74 Å². The van der Waals surface area contributed by atoms with Gasteiger partial charge in [0.2, 0.25) is 0 Å². The number of hydrogen-bond donors (Lipinski definition) is 0. The van der Waals surface area contributed by atoms with Crippen LogP contribution in [0.1, 0.15) is 119 Å². The molecule has 0 fully saturated rings. The summed E-state index contributed by atoms with van der Waals surface area (Å²) in [4.78, 5) is 12.0. The fourth-order valence-electron chi connectivity index (χ4n) is 3.37. The summed E-state index contributed by atoms with van der Waals surface area (Å²) in [6.45, 7) is 13.2. The number of rotatable bonds is 16. The molecule has 0 unspecified atom stereocenters. The van der Waals surface area contributed by atoms with Crippen LogP contribution in [-0.4, -0.2) is 12.1 Å². The molecular formula is C23H46O2. The highest BCUT2D eigenvalue weighted by Crippen LogP contribution is 2.18. The summed E-state index contributed by atoms with van der Waals surface area (Å²) in [6.07, 6.45) is 15.0. The summed E-state index contributed by atoms with van der Waals surface area (Å²) in [6, 6.07) is 0. The molecule has 25 heavy (non-hydrogen) atoms. The van der Waals surface area contributed by atoms with Crippen molar-refractivity contribution in [3.05, 3.63) is 0 Å². The van der Waals surface area contributed by atoms with E-state index in [1.54, 1.807) is 0 Å². The third-order valence-electron chi connectivity index (χ3n) is 5.53. The maximum Gasteiger partial charge on any atom is 0.306 e. The molecule has 0 bridgehead atoms. The van der Waals surface area contributed by atoms with Crippen molar-refractivity contribution < 1.29 is 9.53 Å². The van der Waals surface area contributed by atoms with Crippen LogP contribution in [0.2, 0.25) is 0 Å². The van der Waals surface area contributed by atoms with Crippen molar-refractivity contribution in [3.8, 4) is 0 Å². The maximum absolute atomic E-state index is 12.0. The first-order chi connectivity index (χ1) is 11.9. The Labute approximate surface area is 158 Å². The largest absolute Gasteiger partial charge is 0.462 e. The number of ether oxygens (including phenoxy) is 1. The highest BCUT2D eigenvalue weighted by atomic mass is 16.5. The average molecular weight is 355 g/mol. The molecule has 0 aromatic rings. The monoisotopic (exact) mass is 354 g/mol. The van der Waals surface area contributed by atoms with E-state index in [1.165, 1.54) is 57.8 Å². The lowest BCUT2D eigenvalue weighted by Gasteiger charge is -2.20. The van der Waals surface area contributed by atoms with E-state index in [1.807, 2.05) is 0 Å². The Morgan fingerprint density at radius 3 is 1.64 bits per heavy atom. The molecule has 0 radical (unpaired) electrons. The van der Waals surface area contributed by atoms with E-state index in [-0.39, 0.29) is 12.1 Å². The van der Waals surface area contributed by atoms with E-state index < -0.39 is 0 Å². The highest BCUT2D eigenvalue weighted by Gasteiger charge is 2.18. The first-order valence-corrected chi connectivity index (χ1v) is 11.1. The predicted octanol–water partition coefficient (Wildman–Crippen LogP) is 7.55. The van der Waals surface area contributed by atoms with Crippen LogP contribution < -0.4 is 0 Å². The topological polar surface area (TPSA) is 26.3 Å². The van der Waals surface area contributed by atoms with Crippen molar-refractivity contribution in [2.45, 2.75) is 125 Å². The van der Waals surface area contributed by atoms with E-state index in [0.717, 1.165) is 18.8 Å². The fraction of sp³-hybridized carbons (Fsp3) is 0.957. The molecule has 3 atom stereocenters. The summed E-state index contributed by atoms with van der Waals surface area (Å²) in [5.74, 6) is 1.76. The van der Waals surface area contributed by atoms with Gasteiger partial charge >= 0.3 is 5.97 Å². The van der Waals surface area contributed by atoms with Crippen molar-refractivity contribution in [1.82, 2.24) is 0 Å². The molecule has 0 rings (SSSR count). The zero-order valence-corrected chi connectivity index (χ0v) is 18.1. The molecule has 0 amide bonds. The molecule has 0 aliphatic rings. The molecule has 0 aliphatic carbocycles. The highest BCUT2D eigenvalue weighted by molar-refractivity contribution is 5.69. The second-order valence-corrected chi connectivity index (χ2v) is 8.56. The van der Waals surface area contributed by atoms with Gasteiger partial charge in [-0.1, -0.05) is 106 Å². The Morgan fingerprint density at radius 1 is 0.720 bits per heavy atom. The molecule has 0 N–H and O–H groups in total. The second-order valence-electron chi connectivity index (χ2n) is 8.56. The molecule has 150 valence electrons. The van der Waals surface area contributed by atoms with E-state index in [2.05, 4.69) is 41.5 Å². The SMILES string of the molecule is CC[C@H](C)CCCCCCCCC[C@H](C)CC(=O)O[C@@H](CC)C(C)C. The predicted molar refractivity (Wildman–Crippen MR) is 110 cm³/mol. The first-order valence-electron chi connectivity index (χ1n) is 11.1. The Bertz CT molecular complexity index is 311. The lowest BCUT2D eigenvalue weighted by Crippen LogP contribution is -2.23. The second kappa shape index (κ2) is 15.7. The Balaban J connectivity index is 3.54. The summed E-state index contributed by atoms with van der Waals surface area (Å²) < 4.78 is 5.60. The lowest BCUT2D eigenvalue weighted by molar-refractivity contribution is -0.152. The van der Waals surface area contributed by atoms with Crippen molar-refractivity contribution in [2.75, 3.05) is 0 Å². The Kier molecular flexibility index (Phi) is 15.4. The molecule has 0 aromatic carbocycles. The maximum atomic E-state index is 12.0. The van der Waals surface area contributed by atoms with Gasteiger partial charge in [0.25, 0.3) is 0 Å². The standard InChI is InChI=1S/C23H46O2/c1-7-20(5)16-14-12-10-9-11-13-15-17-21(6)18-23(24)25-22(8-2)19(3)4/h19-22H,7-18H2,1-6H3/t20-,21-,22-/m0/s1. The van der Waals surface area contributed by atoms with Crippen LogP contribution >= 0.6 is 0 Å². The zero-order chi connectivity index (χ0) is 19.1. The third kappa shape index (κ3) is 14.3. The van der Waals surface area contributed by atoms with Gasteiger partial charge in [0, 0.05) is 6.42 Å². The summed E-state index contributed by atoms with van der Waals surface area (Å²) in [5.41, 5.74) is 0. The molecule has 0 saturated heterocycles. The van der Waals surface area contributed by atoms with E-state index in [0.29, 0.717) is 18.3 Å². The Hall–Kier alpha value is -0.530. The van der Waals surface area contributed by atoms with Gasteiger partial charge in [0.05, 0.1) is 0 Å². The number of hydrogen-bond acceptors (Lipinski definition) is 2. The van der Waals surface area contributed by atoms with Crippen molar-refractivity contribution >= 4 is 5.97 Å². The van der Waals surface area contributed by atoms with Gasteiger partial charge in [-0.05, 0) is 24.2 Å². The van der Waals surface area contributed by atoms with Gasteiger partial charge in [0.15, 0.2) is 0 Å². The number of carbonyl (C=O) groups excluding carboxylic acids is 1. The van der Waals surface area contributed by atoms with Crippen molar-refractivity contribution in [2.24, 2.45) is 17.8 Å². The minimum Gasteiger partial charge on any atom is -0.462 e. The van der Waals surface area contributed by atoms with Crippen LogP contribution in [0.4, 0.5) is 0 Å². The van der Waals surface area contributed by atoms with Crippen LogP contribution in [0.15, 0.2) is 0 Å². The van der Waals surface area contributed by atoms with Gasteiger partial charge in [-0.15, -0.1) is 0 Å². The van der Waals surface area contributed by atoms with Crippen LogP contribution in [0, 0.1) is 17.8 Å². The summed E-state index contributed by atoms with van der Waals surface area (Å²) in [7, 11) is 0. The van der Waals surface area contributed by atoms with E-state index in [9.17, 15) is 4.79 Å². The van der Waals surface area contributed by atoms with Crippen LogP contribution in [0.25, 0.3) is 0 Å². The van der Waals surface area contributed by atoms with Crippen molar-refractivity contribution in [1.29, 1.82) is 0 Å². The molecule has 0 saturated carbocycles. The summed E-state index contributed by atoms with van der Waals surface area (Å²) in [5, 5.41) is 0. The quantitative estimate of drug-likeness (QED) is 0.211. The van der Waals surface area contributed by atoms with Gasteiger partial charge in [-0.2, -0.15) is 0 Å². The molecule has 0 aromatic heterocycles. The lowest BCUT2D eigenvalue weighted by atomic mass is 9.97. The van der Waals surface area contributed by atoms with Crippen LogP contribution in [0.3, 0.4) is 0 Å². The third-order valence-corrected chi connectivity index (χ3v) is 5.53. The van der Waals surface area contributed by atoms with Gasteiger partial charge in [0.1, 0.15) is 6.10 Å². The number of carbonyl (C=O) groups is 1. The van der Waals surface area contributed by atoms with Crippen LogP contribution in [0.5, 0.6) is 0 Å². The van der Waals surface area contributed by atoms with Gasteiger partial charge in [-0.25, -0.2) is 0 Å². The van der Waals surface area contributed by atoms with Gasteiger partial charge in [-0.3, -0.25) is 4.79 Å². The molecule has 2 nitrogen and oxygen atoms in total. The molecular weight excluding hydrogens is 308 g/mol. The van der Waals surface area contributed by atoms with Crippen LogP contribution in [-0.2, 0) is 9.53 Å². The average Bonchev–Trinajstić information content (AvgIpc) is 2.57. The minimum absolute atomic E-state index is 0.00522. The number of unbranched alkanes of at least 4 members (excludes halogenated alkanes) is 6. The fourth-order valence-corrected chi connectivity index (χ4v) is 3.37. The zero-order valence-electron chi connectivity index (χ0n) is 18.1. The minimum atomic E-state index is -0.00522. The number of esters is 1. The molecule has 2 heteroatoms. The van der Waals surface area contributed by atoms with E-state index in [4.69, 9.17) is 4.74 Å². The van der Waals surface area contributed by atoms with Crippen molar-refractivity contribution in [3.63, 3.8) is 0 Å². The molecule has 0 heterocycles. The normalized spacial score (nSPS) is 15.2. The summed E-state index contributed by atoms with van der Waals surface area (Å²) >= 11 is 0. The molecule has 0 spiro atoms.